The molecule has 0 atom stereocenters. The number of carbonyl (C=O) groups excluding carboxylic acids is 1. The van der Waals surface area contributed by atoms with Crippen molar-refractivity contribution in [2.24, 2.45) is 5.92 Å². The number of hydrogen-bond donors (Lipinski definition) is 4. The number of aromatic nitrogens is 6. The van der Waals surface area contributed by atoms with Gasteiger partial charge in [0.05, 0.1) is 46.7 Å². The zero-order valence-corrected chi connectivity index (χ0v) is 24.5. The van der Waals surface area contributed by atoms with Crippen molar-refractivity contribution in [3.8, 4) is 33.8 Å². The Bertz CT molecular complexity index is 1990. The fourth-order valence-corrected chi connectivity index (χ4v) is 5.52. The van der Waals surface area contributed by atoms with Crippen molar-refractivity contribution >= 4 is 39.1 Å². The lowest BCUT2D eigenvalue weighted by molar-refractivity contribution is -0.122. The Morgan fingerprint density at radius 1 is 0.932 bits per heavy atom. The third-order valence-electron chi connectivity index (χ3n) is 8.12. The van der Waals surface area contributed by atoms with E-state index in [0.717, 1.165) is 75.7 Å². The summed E-state index contributed by atoms with van der Waals surface area (Å²) in [6.45, 7) is 1.53. The van der Waals surface area contributed by atoms with Crippen LogP contribution in [0.1, 0.15) is 19.3 Å². The minimum Gasteiger partial charge on any atom is -0.384 e. The number of likely N-dealkylation sites (N-methyl/N-ethyl adjacent to an activating group) is 1. The smallest absolute Gasteiger partial charge is 0.227 e. The molecule has 6 aromatic rings. The second-order valence-electron chi connectivity index (χ2n) is 11.6. The number of H-pyrrole nitrogens is 2. The van der Waals surface area contributed by atoms with E-state index >= 15 is 0 Å². The predicted octanol–water partition coefficient (Wildman–Crippen LogP) is 6.08. The molecule has 0 unspecified atom stereocenters. The normalized spacial score (nSPS) is 13.5. The van der Waals surface area contributed by atoms with Gasteiger partial charge in [-0.3, -0.25) is 24.8 Å². The van der Waals surface area contributed by atoms with Crippen LogP contribution in [0.4, 0.5) is 15.8 Å². The molecule has 222 valence electrons. The fourth-order valence-electron chi connectivity index (χ4n) is 5.52. The van der Waals surface area contributed by atoms with Gasteiger partial charge in [-0.15, -0.1) is 0 Å². The number of anilines is 2. The first-order valence-electron chi connectivity index (χ1n) is 14.7. The van der Waals surface area contributed by atoms with Gasteiger partial charge in [-0.05, 0) is 68.9 Å². The molecule has 0 saturated heterocycles. The molecule has 1 aromatic carbocycles. The van der Waals surface area contributed by atoms with Crippen LogP contribution in [0.5, 0.6) is 0 Å². The SMILES string of the molecule is CN(C)CCNc1cc(F)cc(-c2cncc3[nH]c(-c4n[nH]c5cnc(-c6cncc(NC(=O)C7CCC7)c6)cc45)cc23)c1. The minimum atomic E-state index is -0.317. The molecule has 4 N–H and O–H groups in total. The van der Waals surface area contributed by atoms with E-state index in [0.29, 0.717) is 23.6 Å². The number of pyridine rings is 3. The zero-order valence-electron chi connectivity index (χ0n) is 24.5. The molecule has 10 nitrogen and oxygen atoms in total. The van der Waals surface area contributed by atoms with Crippen LogP contribution < -0.4 is 10.6 Å². The number of benzene rings is 1. The van der Waals surface area contributed by atoms with E-state index in [-0.39, 0.29) is 17.6 Å². The van der Waals surface area contributed by atoms with Crippen LogP contribution in [0.15, 0.2) is 67.4 Å². The molecule has 1 fully saturated rings. The monoisotopic (exact) mass is 589 g/mol. The molecular weight excluding hydrogens is 557 g/mol. The van der Waals surface area contributed by atoms with Crippen LogP contribution in [0.2, 0.25) is 0 Å². The predicted molar refractivity (Wildman–Crippen MR) is 171 cm³/mol. The van der Waals surface area contributed by atoms with Crippen molar-refractivity contribution in [2.75, 3.05) is 37.8 Å². The molecule has 5 aromatic heterocycles. The van der Waals surface area contributed by atoms with Crippen molar-refractivity contribution in [3.05, 3.63) is 73.2 Å². The quantitative estimate of drug-likeness (QED) is 0.161. The number of rotatable bonds is 9. The molecule has 5 heterocycles. The standard InChI is InChI=1S/C33H32FN9O/c1-43(2)7-6-37-23-9-20(8-22(34)11-23)27-16-36-17-30-25(27)12-29(40-30)32-26-13-28(38-18-31(26)41-42-32)21-10-24(15-35-14-21)39-33(44)19-4-3-5-19/h8-19,37,40H,3-7H2,1-2H3,(H,39,44)(H,41,42). The molecule has 0 spiro atoms. The molecular formula is C33H32FN9O. The molecule has 0 aliphatic heterocycles. The number of fused-ring (bicyclic) bond motifs is 2. The molecule has 1 aliphatic carbocycles. The first kappa shape index (κ1) is 27.7. The third-order valence-corrected chi connectivity index (χ3v) is 8.12. The summed E-state index contributed by atoms with van der Waals surface area (Å²) < 4.78 is 14.7. The molecule has 1 aliphatic rings. The van der Waals surface area contributed by atoms with Gasteiger partial charge in [-0.2, -0.15) is 5.10 Å². The number of aromatic amines is 2. The molecule has 0 bridgehead atoms. The van der Waals surface area contributed by atoms with Crippen molar-refractivity contribution in [2.45, 2.75) is 19.3 Å². The molecule has 11 heteroatoms. The lowest BCUT2D eigenvalue weighted by Crippen LogP contribution is -2.28. The highest BCUT2D eigenvalue weighted by Gasteiger charge is 2.25. The highest BCUT2D eigenvalue weighted by atomic mass is 19.1. The minimum absolute atomic E-state index is 0.0402. The van der Waals surface area contributed by atoms with E-state index in [1.165, 1.54) is 12.1 Å². The van der Waals surface area contributed by atoms with Crippen molar-refractivity contribution in [1.29, 1.82) is 0 Å². The van der Waals surface area contributed by atoms with E-state index < -0.39 is 0 Å². The molecule has 44 heavy (non-hydrogen) atoms. The molecule has 0 radical (unpaired) electrons. The average molecular weight is 590 g/mol. The van der Waals surface area contributed by atoms with Gasteiger partial charge in [0, 0.05) is 59.0 Å². The van der Waals surface area contributed by atoms with Crippen LogP contribution in [-0.2, 0) is 4.79 Å². The van der Waals surface area contributed by atoms with Crippen molar-refractivity contribution in [1.82, 2.24) is 35.0 Å². The Labute approximate surface area is 253 Å². The van der Waals surface area contributed by atoms with Gasteiger partial charge in [0.25, 0.3) is 0 Å². The Morgan fingerprint density at radius 3 is 2.59 bits per heavy atom. The Morgan fingerprint density at radius 2 is 1.77 bits per heavy atom. The van der Waals surface area contributed by atoms with Gasteiger partial charge in [-0.1, -0.05) is 6.42 Å². The topological polar surface area (TPSA) is 128 Å². The summed E-state index contributed by atoms with van der Waals surface area (Å²) >= 11 is 0. The molecule has 1 amide bonds. The summed E-state index contributed by atoms with van der Waals surface area (Å²) in [4.78, 5) is 31.4. The maximum atomic E-state index is 14.7. The maximum Gasteiger partial charge on any atom is 0.227 e. The van der Waals surface area contributed by atoms with E-state index in [2.05, 4.69) is 45.7 Å². The van der Waals surface area contributed by atoms with Gasteiger partial charge in [0.15, 0.2) is 0 Å². The largest absolute Gasteiger partial charge is 0.384 e. The van der Waals surface area contributed by atoms with Gasteiger partial charge in [-0.25, -0.2) is 4.39 Å². The Kier molecular flexibility index (Phi) is 7.23. The number of amides is 1. The van der Waals surface area contributed by atoms with Gasteiger partial charge >= 0.3 is 0 Å². The second kappa shape index (κ2) is 11.5. The summed E-state index contributed by atoms with van der Waals surface area (Å²) in [5.74, 6) is -0.193. The molecule has 1 saturated carbocycles. The van der Waals surface area contributed by atoms with Crippen LogP contribution in [-0.4, -0.2) is 68.1 Å². The lowest BCUT2D eigenvalue weighted by atomic mass is 9.85. The van der Waals surface area contributed by atoms with E-state index in [4.69, 9.17) is 0 Å². The van der Waals surface area contributed by atoms with Crippen molar-refractivity contribution < 1.29 is 9.18 Å². The fraction of sp³-hybridized carbons (Fsp3) is 0.242. The summed E-state index contributed by atoms with van der Waals surface area (Å²) in [5.41, 5.74) is 7.51. The number of hydrogen-bond acceptors (Lipinski definition) is 7. The highest BCUT2D eigenvalue weighted by molar-refractivity contribution is 6.01. The van der Waals surface area contributed by atoms with Gasteiger partial charge in [0.1, 0.15) is 11.5 Å². The third kappa shape index (κ3) is 5.49. The number of nitrogens with zero attached hydrogens (tertiary/aromatic N) is 5. The summed E-state index contributed by atoms with van der Waals surface area (Å²) in [5, 5.41) is 15.8. The average Bonchev–Trinajstić information content (AvgIpc) is 3.59. The first-order chi connectivity index (χ1) is 21.4. The van der Waals surface area contributed by atoms with E-state index in [9.17, 15) is 9.18 Å². The summed E-state index contributed by atoms with van der Waals surface area (Å²) in [6, 6.07) is 10.8. The number of nitrogens with one attached hydrogen (secondary N) is 4. The van der Waals surface area contributed by atoms with Crippen LogP contribution >= 0.6 is 0 Å². The lowest BCUT2D eigenvalue weighted by Gasteiger charge is -2.24. The first-order valence-corrected chi connectivity index (χ1v) is 14.7. The Hall–Kier alpha value is -5.16. The van der Waals surface area contributed by atoms with E-state index in [1.807, 2.05) is 38.4 Å². The molecule has 7 rings (SSSR count). The summed E-state index contributed by atoms with van der Waals surface area (Å²) in [7, 11) is 4.00. The maximum absolute atomic E-state index is 14.7. The second-order valence-corrected chi connectivity index (χ2v) is 11.6. The van der Waals surface area contributed by atoms with Gasteiger partial charge in [0.2, 0.25) is 5.91 Å². The van der Waals surface area contributed by atoms with Crippen LogP contribution in [0.25, 0.3) is 55.6 Å². The highest BCUT2D eigenvalue weighted by Crippen LogP contribution is 2.35. The van der Waals surface area contributed by atoms with Crippen molar-refractivity contribution in [3.63, 3.8) is 0 Å². The Balaban J connectivity index is 1.21. The van der Waals surface area contributed by atoms with E-state index in [1.54, 1.807) is 31.0 Å². The zero-order chi connectivity index (χ0) is 30.2. The number of carbonyl (C=O) groups is 1. The summed E-state index contributed by atoms with van der Waals surface area (Å²) in [6.07, 6.45) is 11.6. The number of halogens is 1. The van der Waals surface area contributed by atoms with Gasteiger partial charge < -0.3 is 20.5 Å². The van der Waals surface area contributed by atoms with Crippen LogP contribution in [0, 0.1) is 11.7 Å². The van der Waals surface area contributed by atoms with Crippen LogP contribution in [0.3, 0.4) is 0 Å².